The Hall–Kier alpha value is -1.85. The van der Waals surface area contributed by atoms with Gasteiger partial charge in [-0.05, 0) is 18.6 Å². The molecule has 2 heterocycles. The van der Waals surface area contributed by atoms with Crippen LogP contribution in [0.4, 0.5) is 5.82 Å². The predicted molar refractivity (Wildman–Crippen MR) is 61.6 cm³/mol. The largest absolute Gasteiger partial charge is 0.369 e. The van der Waals surface area contributed by atoms with Crippen LogP contribution < -0.4 is 11.0 Å². The summed E-state index contributed by atoms with van der Waals surface area (Å²) in [4.78, 5) is 11.3. The lowest BCUT2D eigenvalue weighted by molar-refractivity contribution is 0.739. The van der Waals surface area contributed by atoms with Gasteiger partial charge in [0.1, 0.15) is 5.82 Å². The summed E-state index contributed by atoms with van der Waals surface area (Å²) < 4.78 is 1.25. The average molecular weight is 221 g/mol. The number of nitrogens with one attached hydrogen (secondary N) is 2. The normalized spacial score (nSPS) is 10.8. The first-order valence-electron chi connectivity index (χ1n) is 5.49. The highest BCUT2D eigenvalue weighted by atomic mass is 16.2. The second-order valence-corrected chi connectivity index (χ2v) is 3.65. The minimum Gasteiger partial charge on any atom is -0.369 e. The van der Waals surface area contributed by atoms with Gasteiger partial charge in [0.15, 0.2) is 5.65 Å². The zero-order valence-electron chi connectivity index (χ0n) is 9.23. The smallest absolute Gasteiger partial charge is 0.364 e. The molecule has 0 aromatic carbocycles. The molecule has 0 aliphatic rings. The van der Waals surface area contributed by atoms with E-state index < -0.39 is 0 Å². The Labute approximate surface area is 92.7 Å². The zero-order valence-corrected chi connectivity index (χ0v) is 9.23. The minimum absolute atomic E-state index is 0.313. The summed E-state index contributed by atoms with van der Waals surface area (Å²) in [6.07, 6.45) is 3.49. The SMILES string of the molecule is CCCCCNc1ccc2n[nH]c(=O)n2n1. The highest BCUT2D eigenvalue weighted by Crippen LogP contribution is 2.03. The van der Waals surface area contributed by atoms with Crippen molar-refractivity contribution in [3.05, 3.63) is 22.6 Å². The van der Waals surface area contributed by atoms with Crippen molar-refractivity contribution in [1.29, 1.82) is 0 Å². The molecule has 0 amide bonds. The van der Waals surface area contributed by atoms with Crippen LogP contribution in [0.5, 0.6) is 0 Å². The fraction of sp³-hybridized carbons (Fsp3) is 0.500. The number of unbranched alkanes of at least 4 members (excludes halogenated alkanes) is 2. The Bertz CT molecular complexity index is 515. The van der Waals surface area contributed by atoms with Crippen molar-refractivity contribution in [2.45, 2.75) is 26.2 Å². The molecule has 6 nitrogen and oxygen atoms in total. The molecule has 0 saturated carbocycles. The number of aromatic nitrogens is 4. The summed E-state index contributed by atoms with van der Waals surface area (Å²) in [6.45, 7) is 3.04. The van der Waals surface area contributed by atoms with Crippen LogP contribution in [0.3, 0.4) is 0 Å². The fourth-order valence-electron chi connectivity index (χ4n) is 1.49. The Morgan fingerprint density at radius 1 is 1.44 bits per heavy atom. The number of anilines is 1. The summed E-state index contributed by atoms with van der Waals surface area (Å²) in [7, 11) is 0. The first-order valence-corrected chi connectivity index (χ1v) is 5.49. The van der Waals surface area contributed by atoms with Crippen molar-refractivity contribution < 1.29 is 0 Å². The topological polar surface area (TPSA) is 75.1 Å². The van der Waals surface area contributed by atoms with Gasteiger partial charge in [0, 0.05) is 6.54 Å². The van der Waals surface area contributed by atoms with Crippen LogP contribution in [-0.4, -0.2) is 26.4 Å². The van der Waals surface area contributed by atoms with E-state index in [0.717, 1.165) is 13.0 Å². The molecule has 2 rings (SSSR count). The summed E-state index contributed by atoms with van der Waals surface area (Å²) in [5.41, 5.74) is 0.219. The maximum atomic E-state index is 11.3. The van der Waals surface area contributed by atoms with Crippen molar-refractivity contribution >= 4 is 11.5 Å². The molecule has 6 heteroatoms. The maximum absolute atomic E-state index is 11.3. The molecule has 0 bridgehead atoms. The van der Waals surface area contributed by atoms with E-state index in [9.17, 15) is 4.79 Å². The second kappa shape index (κ2) is 4.78. The minimum atomic E-state index is -0.313. The Morgan fingerprint density at radius 3 is 3.12 bits per heavy atom. The number of aromatic amines is 1. The van der Waals surface area contributed by atoms with E-state index in [1.165, 1.54) is 17.4 Å². The molecule has 2 N–H and O–H groups in total. The fourth-order valence-corrected chi connectivity index (χ4v) is 1.49. The molecule has 0 atom stereocenters. The third kappa shape index (κ3) is 2.21. The van der Waals surface area contributed by atoms with Crippen molar-refractivity contribution in [3.63, 3.8) is 0 Å². The van der Waals surface area contributed by atoms with Gasteiger partial charge in [-0.25, -0.2) is 9.89 Å². The zero-order chi connectivity index (χ0) is 11.4. The summed E-state index contributed by atoms with van der Waals surface area (Å²) >= 11 is 0. The van der Waals surface area contributed by atoms with Gasteiger partial charge >= 0.3 is 5.69 Å². The van der Waals surface area contributed by atoms with E-state index in [2.05, 4.69) is 27.5 Å². The van der Waals surface area contributed by atoms with Gasteiger partial charge in [-0.15, -0.1) is 5.10 Å². The molecular formula is C10H15N5O. The van der Waals surface area contributed by atoms with Crippen LogP contribution in [0.2, 0.25) is 0 Å². The third-order valence-electron chi connectivity index (χ3n) is 2.36. The molecule has 2 aromatic rings. The third-order valence-corrected chi connectivity index (χ3v) is 2.36. The first kappa shape index (κ1) is 10.7. The quantitative estimate of drug-likeness (QED) is 0.739. The van der Waals surface area contributed by atoms with E-state index >= 15 is 0 Å². The van der Waals surface area contributed by atoms with Gasteiger partial charge in [0.25, 0.3) is 0 Å². The van der Waals surface area contributed by atoms with Crippen molar-refractivity contribution in [3.8, 4) is 0 Å². The second-order valence-electron chi connectivity index (χ2n) is 3.65. The van der Waals surface area contributed by atoms with Crippen molar-refractivity contribution in [1.82, 2.24) is 19.8 Å². The molecule has 86 valence electrons. The summed E-state index contributed by atoms with van der Waals surface area (Å²) in [6, 6.07) is 3.58. The Balaban J connectivity index is 2.07. The highest BCUT2D eigenvalue weighted by Gasteiger charge is 2.01. The summed E-state index contributed by atoms with van der Waals surface area (Å²) in [5.74, 6) is 0.701. The van der Waals surface area contributed by atoms with Gasteiger partial charge in [0.2, 0.25) is 0 Å². The van der Waals surface area contributed by atoms with Gasteiger partial charge in [-0.3, -0.25) is 0 Å². The number of hydrogen-bond acceptors (Lipinski definition) is 4. The van der Waals surface area contributed by atoms with Crippen LogP contribution in [0, 0.1) is 0 Å². The van der Waals surface area contributed by atoms with Crippen LogP contribution in [-0.2, 0) is 0 Å². The summed E-state index contributed by atoms with van der Waals surface area (Å²) in [5, 5.41) is 13.5. The van der Waals surface area contributed by atoms with Crippen LogP contribution in [0.25, 0.3) is 5.65 Å². The molecule has 0 fully saturated rings. The Morgan fingerprint density at radius 2 is 2.31 bits per heavy atom. The van der Waals surface area contributed by atoms with Crippen molar-refractivity contribution in [2.24, 2.45) is 0 Å². The first-order chi connectivity index (χ1) is 7.81. The lowest BCUT2D eigenvalue weighted by Gasteiger charge is -2.03. The van der Waals surface area contributed by atoms with Crippen LogP contribution in [0.1, 0.15) is 26.2 Å². The van der Waals surface area contributed by atoms with E-state index in [4.69, 9.17) is 0 Å². The van der Waals surface area contributed by atoms with Crippen LogP contribution in [0.15, 0.2) is 16.9 Å². The molecule has 2 aromatic heterocycles. The molecule has 16 heavy (non-hydrogen) atoms. The number of H-pyrrole nitrogens is 1. The number of hydrogen-bond donors (Lipinski definition) is 2. The van der Waals surface area contributed by atoms with Crippen LogP contribution >= 0.6 is 0 Å². The van der Waals surface area contributed by atoms with Crippen molar-refractivity contribution in [2.75, 3.05) is 11.9 Å². The molecule has 0 spiro atoms. The predicted octanol–water partition coefficient (Wildman–Crippen LogP) is 1.02. The molecule has 0 aliphatic heterocycles. The van der Waals surface area contributed by atoms with Gasteiger partial charge in [-0.2, -0.15) is 9.61 Å². The molecule has 0 aliphatic carbocycles. The highest BCUT2D eigenvalue weighted by molar-refractivity contribution is 5.42. The molecule has 0 radical (unpaired) electrons. The monoisotopic (exact) mass is 221 g/mol. The Kier molecular flexibility index (Phi) is 3.19. The lowest BCUT2D eigenvalue weighted by Crippen LogP contribution is -2.14. The standard InChI is InChI=1S/C10H15N5O/c1-2-3-4-7-11-8-5-6-9-12-13-10(16)15(9)14-8/h5-6H,2-4,7H2,1H3,(H,11,14)(H,13,16). The van der Waals surface area contributed by atoms with E-state index in [1.54, 1.807) is 6.07 Å². The molecular weight excluding hydrogens is 206 g/mol. The number of fused-ring (bicyclic) bond motifs is 1. The van der Waals surface area contributed by atoms with E-state index in [0.29, 0.717) is 11.5 Å². The van der Waals surface area contributed by atoms with E-state index in [1.807, 2.05) is 6.07 Å². The average Bonchev–Trinajstić information content (AvgIpc) is 2.67. The number of rotatable bonds is 5. The van der Waals surface area contributed by atoms with E-state index in [-0.39, 0.29) is 5.69 Å². The maximum Gasteiger partial charge on any atom is 0.364 e. The molecule has 0 unspecified atom stereocenters. The lowest BCUT2D eigenvalue weighted by atomic mass is 10.2. The number of nitrogens with zero attached hydrogens (tertiary/aromatic N) is 3. The van der Waals surface area contributed by atoms with Gasteiger partial charge in [-0.1, -0.05) is 19.8 Å². The van der Waals surface area contributed by atoms with Gasteiger partial charge < -0.3 is 5.32 Å². The van der Waals surface area contributed by atoms with Gasteiger partial charge in [0.05, 0.1) is 0 Å². The molecule has 0 saturated heterocycles.